The summed E-state index contributed by atoms with van der Waals surface area (Å²) >= 11 is 0. The monoisotopic (exact) mass is 197 g/mol. The highest BCUT2D eigenvalue weighted by molar-refractivity contribution is 6.30. The number of carbonyl (C=O) groups is 1. The zero-order chi connectivity index (χ0) is 11.4. The molecule has 0 atom stereocenters. The van der Waals surface area contributed by atoms with Crippen molar-refractivity contribution in [1.29, 1.82) is 0 Å². The van der Waals surface area contributed by atoms with Crippen LogP contribution in [0.25, 0.3) is 0 Å². The van der Waals surface area contributed by atoms with Crippen LogP contribution in [0.5, 0.6) is 0 Å². The van der Waals surface area contributed by atoms with Crippen LogP contribution in [0.15, 0.2) is 5.16 Å². The maximum absolute atomic E-state index is 11.7. The van der Waals surface area contributed by atoms with Crippen molar-refractivity contribution < 1.29 is 14.7 Å². The van der Waals surface area contributed by atoms with E-state index in [1.807, 2.05) is 0 Å². The van der Waals surface area contributed by atoms with Gasteiger partial charge in [-0.15, -0.1) is 0 Å². The molecule has 0 saturated heterocycles. The molecule has 0 heterocycles. The summed E-state index contributed by atoms with van der Waals surface area (Å²) in [5.74, 6) is -0.143. The smallest absolute Gasteiger partial charge is 0.214 e. The molecule has 0 rings (SSSR count). The summed E-state index contributed by atoms with van der Waals surface area (Å²) in [7, 11) is 5.67. The summed E-state index contributed by atoms with van der Waals surface area (Å²) in [6.07, 6.45) is 1.33. The van der Waals surface area contributed by atoms with E-state index >= 15 is 0 Å². The number of ketones is 1. The second-order valence-corrected chi connectivity index (χ2v) is 4.27. The molecule has 0 saturated carbocycles. The fraction of sp³-hybridized carbons (Fsp3) is 0.778. The van der Waals surface area contributed by atoms with Crippen molar-refractivity contribution in [2.75, 3.05) is 6.79 Å². The second-order valence-electron chi connectivity index (χ2n) is 4.27. The van der Waals surface area contributed by atoms with Crippen molar-refractivity contribution in [1.82, 2.24) is 0 Å². The van der Waals surface area contributed by atoms with Gasteiger partial charge in [0.25, 0.3) is 0 Å². The van der Waals surface area contributed by atoms with Crippen LogP contribution in [0.2, 0.25) is 5.31 Å². The third kappa shape index (κ3) is 3.92. The van der Waals surface area contributed by atoms with Gasteiger partial charge in [0.05, 0.1) is 19.5 Å². The van der Waals surface area contributed by atoms with E-state index in [4.69, 9.17) is 13.0 Å². The van der Waals surface area contributed by atoms with Crippen molar-refractivity contribution in [3.63, 3.8) is 0 Å². The molecule has 2 radical (unpaired) electrons. The molecule has 4 nitrogen and oxygen atoms in total. The van der Waals surface area contributed by atoms with Gasteiger partial charge in [0.1, 0.15) is 5.78 Å². The Morgan fingerprint density at radius 3 is 2.36 bits per heavy atom. The van der Waals surface area contributed by atoms with Crippen LogP contribution in [-0.4, -0.2) is 31.7 Å². The molecule has 0 aromatic carbocycles. The number of hydrogen-bond acceptors (Lipinski definition) is 4. The maximum Gasteiger partial charge on any atom is 0.214 e. The quantitative estimate of drug-likeness (QED) is 0.308. The third-order valence-corrected chi connectivity index (χ3v) is 1.68. The largest absolute Gasteiger partial charge is 0.368 e. The first-order chi connectivity index (χ1) is 6.22. The van der Waals surface area contributed by atoms with E-state index < -0.39 is 17.5 Å². The molecular weight excluding hydrogens is 181 g/mol. The van der Waals surface area contributed by atoms with Gasteiger partial charge in [-0.25, -0.2) is 0 Å². The summed E-state index contributed by atoms with van der Waals surface area (Å²) in [4.78, 5) is 16.1. The van der Waals surface area contributed by atoms with Crippen LogP contribution in [0, 0.1) is 5.41 Å². The number of Topliss-reactive ketones (excluding diaryl/α,β-unsaturated/α-hetero) is 1. The lowest BCUT2D eigenvalue weighted by atomic mass is 9.62. The summed E-state index contributed by atoms with van der Waals surface area (Å²) < 4.78 is 0. The highest BCUT2D eigenvalue weighted by Crippen LogP contribution is 2.30. The van der Waals surface area contributed by atoms with Crippen LogP contribution < -0.4 is 0 Å². The summed E-state index contributed by atoms with van der Waals surface area (Å²) in [6.45, 7) is 6.14. The maximum atomic E-state index is 11.7. The highest BCUT2D eigenvalue weighted by Gasteiger charge is 2.34. The van der Waals surface area contributed by atoms with Gasteiger partial charge in [0.2, 0.25) is 6.79 Å². The van der Waals surface area contributed by atoms with Crippen molar-refractivity contribution in [2.24, 2.45) is 10.6 Å². The topological polar surface area (TPSA) is 58.9 Å². The van der Waals surface area contributed by atoms with Crippen LogP contribution >= 0.6 is 0 Å². The SMILES string of the molecule is [B]C(C)(C)C(=O)C(C)(C)C=NOCO. The molecule has 0 fully saturated rings. The summed E-state index contributed by atoms with van der Waals surface area (Å²) in [5, 5.41) is 10.9. The van der Waals surface area contributed by atoms with E-state index in [2.05, 4.69) is 9.99 Å². The van der Waals surface area contributed by atoms with Crippen LogP contribution in [0.3, 0.4) is 0 Å². The van der Waals surface area contributed by atoms with Gasteiger partial charge in [0, 0.05) is 0 Å². The van der Waals surface area contributed by atoms with Crippen molar-refractivity contribution >= 4 is 19.8 Å². The lowest BCUT2D eigenvalue weighted by Crippen LogP contribution is -2.34. The van der Waals surface area contributed by atoms with Crippen LogP contribution in [-0.2, 0) is 9.63 Å². The van der Waals surface area contributed by atoms with Gasteiger partial charge in [-0.1, -0.05) is 19.0 Å². The second kappa shape index (κ2) is 4.60. The number of hydrogen-bond donors (Lipinski definition) is 1. The van der Waals surface area contributed by atoms with Gasteiger partial charge in [0.15, 0.2) is 0 Å². The first-order valence-corrected chi connectivity index (χ1v) is 4.33. The number of aliphatic hydroxyl groups is 1. The minimum absolute atomic E-state index is 0.143. The molecule has 0 bridgehead atoms. The van der Waals surface area contributed by atoms with Gasteiger partial charge >= 0.3 is 0 Å². The Morgan fingerprint density at radius 2 is 2.00 bits per heavy atom. The van der Waals surface area contributed by atoms with Crippen molar-refractivity contribution in [3.8, 4) is 0 Å². The molecular formula is C9H16BNO3. The first-order valence-electron chi connectivity index (χ1n) is 4.33. The Bertz CT molecular complexity index is 231. The Labute approximate surface area is 85.7 Å². The Kier molecular flexibility index (Phi) is 4.32. The average molecular weight is 197 g/mol. The van der Waals surface area contributed by atoms with E-state index in [9.17, 15) is 4.79 Å². The number of aliphatic hydroxyl groups excluding tert-OH is 1. The molecule has 0 aliphatic rings. The minimum atomic E-state index is -0.908. The van der Waals surface area contributed by atoms with Crippen LogP contribution in [0.4, 0.5) is 0 Å². The minimum Gasteiger partial charge on any atom is -0.368 e. The molecule has 0 aromatic heterocycles. The van der Waals surface area contributed by atoms with Crippen molar-refractivity contribution in [3.05, 3.63) is 0 Å². The number of nitrogens with zero attached hydrogens (tertiary/aromatic N) is 1. The molecule has 78 valence electrons. The molecule has 0 amide bonds. The normalized spacial score (nSPS) is 13.2. The predicted octanol–water partition coefficient (Wildman–Crippen LogP) is 0.901. The third-order valence-electron chi connectivity index (χ3n) is 1.68. The highest BCUT2D eigenvalue weighted by atomic mass is 16.7. The van der Waals surface area contributed by atoms with Crippen LogP contribution in [0.1, 0.15) is 27.7 Å². The van der Waals surface area contributed by atoms with E-state index in [-0.39, 0.29) is 5.78 Å². The molecule has 5 heteroatoms. The van der Waals surface area contributed by atoms with Gasteiger partial charge in [-0.3, -0.25) is 4.79 Å². The molecule has 0 spiro atoms. The lowest BCUT2D eigenvalue weighted by molar-refractivity contribution is -0.126. The molecule has 1 N–H and O–H groups in total. The standard InChI is InChI=1S/C9H16BNO3/c1-8(2,5-11-14-6-12)7(13)9(3,4)10/h5,12H,6H2,1-4H3. The first kappa shape index (κ1) is 13.2. The van der Waals surface area contributed by atoms with E-state index in [0.29, 0.717) is 0 Å². The summed E-state index contributed by atoms with van der Waals surface area (Å²) in [6, 6.07) is 0. The Morgan fingerprint density at radius 1 is 1.50 bits per heavy atom. The predicted molar refractivity (Wildman–Crippen MR) is 55.2 cm³/mol. The van der Waals surface area contributed by atoms with E-state index in [0.717, 1.165) is 0 Å². The van der Waals surface area contributed by atoms with Crippen molar-refractivity contribution in [2.45, 2.75) is 33.0 Å². The zero-order valence-corrected chi connectivity index (χ0v) is 9.07. The van der Waals surface area contributed by atoms with E-state index in [1.54, 1.807) is 27.7 Å². The molecule has 0 aliphatic carbocycles. The fourth-order valence-corrected chi connectivity index (χ4v) is 1.09. The molecule has 14 heavy (non-hydrogen) atoms. The lowest BCUT2D eigenvalue weighted by Gasteiger charge is -2.27. The van der Waals surface area contributed by atoms with Gasteiger partial charge < -0.3 is 9.94 Å². The Hall–Kier alpha value is -0.835. The van der Waals surface area contributed by atoms with Gasteiger partial charge in [-0.2, -0.15) is 0 Å². The number of rotatable bonds is 5. The molecule has 0 aromatic rings. The number of oxime groups is 1. The number of carbonyl (C=O) groups excluding carboxylic acids is 1. The average Bonchev–Trinajstić information content (AvgIpc) is 2.01. The van der Waals surface area contributed by atoms with E-state index in [1.165, 1.54) is 6.21 Å². The molecule has 0 unspecified atom stereocenters. The van der Waals surface area contributed by atoms with Gasteiger partial charge in [-0.05, 0) is 19.2 Å². The fourth-order valence-electron chi connectivity index (χ4n) is 1.09. The molecule has 0 aliphatic heterocycles. The summed E-state index contributed by atoms with van der Waals surface area (Å²) in [5.41, 5.74) is -0.798. The zero-order valence-electron chi connectivity index (χ0n) is 9.07. The Balaban J connectivity index is 4.54.